The molecule has 1 atom stereocenters. The Morgan fingerprint density at radius 1 is 0.938 bits per heavy atom. The van der Waals surface area contributed by atoms with E-state index >= 15 is 0 Å². The molecule has 1 aliphatic rings. The van der Waals surface area contributed by atoms with Gasteiger partial charge in [-0.1, -0.05) is 27.7 Å². The monoisotopic (exact) mass is 453 g/mol. The standard InChI is InChI=1S/C26H51N3O3/c1-18(2)27-24(7,8)16-23(5,6)22(31)29-15-13-14-20(29)21(30)28-25(9,10)17-26(11,12)32-19(3)4/h18-20,27H,13-17H2,1-12H3,(H,28,30). The lowest BCUT2D eigenvalue weighted by molar-refractivity contribution is -0.147. The molecule has 0 aromatic carbocycles. The summed E-state index contributed by atoms with van der Waals surface area (Å²) in [5.41, 5.74) is -1.52. The van der Waals surface area contributed by atoms with Crippen molar-refractivity contribution in [3.05, 3.63) is 0 Å². The van der Waals surface area contributed by atoms with Gasteiger partial charge in [-0.25, -0.2) is 0 Å². The molecule has 2 N–H and O–H groups in total. The second kappa shape index (κ2) is 10.4. The Balaban J connectivity index is 2.89. The minimum Gasteiger partial charge on any atom is -0.373 e. The summed E-state index contributed by atoms with van der Waals surface area (Å²) in [6.07, 6.45) is 3.08. The highest BCUT2D eigenvalue weighted by Crippen LogP contribution is 2.34. The number of amides is 2. The third kappa shape index (κ3) is 9.01. The molecule has 1 rings (SSSR count). The average molecular weight is 454 g/mol. The van der Waals surface area contributed by atoms with E-state index in [4.69, 9.17) is 4.74 Å². The van der Waals surface area contributed by atoms with Crippen LogP contribution in [-0.2, 0) is 14.3 Å². The van der Waals surface area contributed by atoms with Crippen LogP contribution >= 0.6 is 0 Å². The van der Waals surface area contributed by atoms with Crippen LogP contribution in [0.15, 0.2) is 0 Å². The largest absolute Gasteiger partial charge is 0.373 e. The van der Waals surface area contributed by atoms with Gasteiger partial charge in [0.05, 0.1) is 11.7 Å². The lowest BCUT2D eigenvalue weighted by atomic mass is 9.78. The van der Waals surface area contributed by atoms with Crippen molar-refractivity contribution in [2.75, 3.05) is 6.54 Å². The van der Waals surface area contributed by atoms with E-state index in [1.807, 2.05) is 46.4 Å². The fraction of sp³-hybridized carbons (Fsp3) is 0.923. The van der Waals surface area contributed by atoms with Gasteiger partial charge in [-0.2, -0.15) is 0 Å². The molecule has 0 saturated carbocycles. The fourth-order valence-electron chi connectivity index (χ4n) is 5.89. The summed E-state index contributed by atoms with van der Waals surface area (Å²) in [6, 6.07) is -0.0660. The number of carbonyl (C=O) groups is 2. The maximum absolute atomic E-state index is 13.6. The normalized spacial score (nSPS) is 18.6. The zero-order valence-corrected chi connectivity index (χ0v) is 22.9. The third-order valence-electron chi connectivity index (χ3n) is 5.84. The highest BCUT2D eigenvalue weighted by Gasteiger charge is 2.44. The van der Waals surface area contributed by atoms with Gasteiger partial charge in [-0.05, 0) is 81.1 Å². The lowest BCUT2D eigenvalue weighted by Gasteiger charge is -2.40. The van der Waals surface area contributed by atoms with Crippen molar-refractivity contribution in [1.82, 2.24) is 15.5 Å². The maximum atomic E-state index is 13.6. The van der Waals surface area contributed by atoms with Crippen molar-refractivity contribution < 1.29 is 14.3 Å². The van der Waals surface area contributed by atoms with Crippen molar-refractivity contribution >= 4 is 11.8 Å². The van der Waals surface area contributed by atoms with Crippen LogP contribution in [0.2, 0.25) is 0 Å². The molecule has 1 heterocycles. The molecule has 0 bridgehead atoms. The second-order valence-corrected chi connectivity index (χ2v) is 12.9. The first kappa shape index (κ1) is 28.9. The van der Waals surface area contributed by atoms with E-state index in [-0.39, 0.29) is 29.1 Å². The van der Waals surface area contributed by atoms with E-state index in [1.165, 1.54) is 0 Å². The molecule has 1 fully saturated rings. The number of hydrogen-bond acceptors (Lipinski definition) is 4. The van der Waals surface area contributed by atoms with Crippen LogP contribution < -0.4 is 10.6 Å². The number of hydrogen-bond donors (Lipinski definition) is 2. The fourth-order valence-corrected chi connectivity index (χ4v) is 5.89. The highest BCUT2D eigenvalue weighted by atomic mass is 16.5. The maximum Gasteiger partial charge on any atom is 0.243 e. The number of carbonyl (C=O) groups excluding carboxylic acids is 2. The Kier molecular flexibility index (Phi) is 9.41. The van der Waals surface area contributed by atoms with Crippen LogP contribution in [0.5, 0.6) is 0 Å². The molecular weight excluding hydrogens is 402 g/mol. The Morgan fingerprint density at radius 2 is 1.50 bits per heavy atom. The van der Waals surface area contributed by atoms with Crippen molar-refractivity contribution in [2.24, 2.45) is 5.41 Å². The van der Waals surface area contributed by atoms with Crippen LogP contribution in [0.25, 0.3) is 0 Å². The molecule has 0 aromatic rings. The van der Waals surface area contributed by atoms with Gasteiger partial charge >= 0.3 is 0 Å². The molecule has 1 aliphatic heterocycles. The summed E-state index contributed by atoms with van der Waals surface area (Å²) in [6.45, 7) is 25.4. The van der Waals surface area contributed by atoms with Gasteiger partial charge in [0.1, 0.15) is 6.04 Å². The molecule has 1 saturated heterocycles. The summed E-state index contributed by atoms with van der Waals surface area (Å²) in [5, 5.41) is 6.77. The number of nitrogens with one attached hydrogen (secondary N) is 2. The molecule has 188 valence electrons. The average Bonchev–Trinajstić information content (AvgIpc) is 2.97. The molecule has 32 heavy (non-hydrogen) atoms. The van der Waals surface area contributed by atoms with Crippen molar-refractivity contribution in [3.8, 4) is 0 Å². The third-order valence-corrected chi connectivity index (χ3v) is 5.84. The summed E-state index contributed by atoms with van der Waals surface area (Å²) in [7, 11) is 0. The number of likely N-dealkylation sites (tertiary alicyclic amines) is 1. The van der Waals surface area contributed by atoms with Crippen LogP contribution in [0, 0.1) is 5.41 Å². The Labute approximate surface area is 197 Å². The Morgan fingerprint density at radius 3 is 2.00 bits per heavy atom. The molecule has 0 spiro atoms. The first-order chi connectivity index (χ1) is 14.3. The van der Waals surface area contributed by atoms with Crippen LogP contribution in [0.4, 0.5) is 0 Å². The van der Waals surface area contributed by atoms with Crippen molar-refractivity contribution in [2.45, 2.75) is 144 Å². The van der Waals surface area contributed by atoms with Gasteiger partial charge in [0.15, 0.2) is 0 Å². The van der Waals surface area contributed by atoms with Gasteiger partial charge in [-0.3, -0.25) is 9.59 Å². The van der Waals surface area contributed by atoms with Gasteiger partial charge in [0, 0.05) is 29.1 Å². The Bertz CT molecular complexity index is 651. The van der Waals surface area contributed by atoms with Crippen molar-refractivity contribution in [1.29, 1.82) is 0 Å². The van der Waals surface area contributed by atoms with E-state index in [0.717, 1.165) is 6.42 Å². The van der Waals surface area contributed by atoms with E-state index in [0.29, 0.717) is 31.8 Å². The predicted molar refractivity (Wildman–Crippen MR) is 133 cm³/mol. The zero-order chi connectivity index (χ0) is 25.1. The number of rotatable bonds is 11. The van der Waals surface area contributed by atoms with E-state index < -0.39 is 17.0 Å². The summed E-state index contributed by atoms with van der Waals surface area (Å²) in [5.74, 6) is 0.00613. The summed E-state index contributed by atoms with van der Waals surface area (Å²) < 4.78 is 6.04. The zero-order valence-electron chi connectivity index (χ0n) is 22.9. The first-order valence-electron chi connectivity index (χ1n) is 12.4. The van der Waals surface area contributed by atoms with Crippen LogP contribution in [0.1, 0.15) is 109 Å². The SMILES string of the molecule is CC(C)NC(C)(C)CC(C)(C)C(=O)N1CCCC1C(=O)NC(C)(C)CC(C)(C)OC(C)C. The van der Waals surface area contributed by atoms with Gasteiger partial charge in [-0.15, -0.1) is 0 Å². The van der Waals surface area contributed by atoms with E-state index in [2.05, 4.69) is 52.2 Å². The van der Waals surface area contributed by atoms with E-state index in [9.17, 15) is 9.59 Å². The molecular formula is C26H51N3O3. The van der Waals surface area contributed by atoms with Gasteiger partial charge in [0.2, 0.25) is 11.8 Å². The van der Waals surface area contributed by atoms with Gasteiger partial charge < -0.3 is 20.3 Å². The number of ether oxygens (including phenoxy) is 1. The van der Waals surface area contributed by atoms with Gasteiger partial charge in [0.25, 0.3) is 0 Å². The topological polar surface area (TPSA) is 70.7 Å². The van der Waals surface area contributed by atoms with E-state index in [1.54, 1.807) is 0 Å². The molecule has 0 aliphatic carbocycles. The highest BCUT2D eigenvalue weighted by molar-refractivity contribution is 5.90. The minimum absolute atomic E-state index is 0.0587. The lowest BCUT2D eigenvalue weighted by Crippen LogP contribution is -2.57. The van der Waals surface area contributed by atoms with Crippen molar-refractivity contribution in [3.63, 3.8) is 0 Å². The second-order valence-electron chi connectivity index (χ2n) is 12.9. The molecule has 0 radical (unpaired) electrons. The Hall–Kier alpha value is -1.14. The number of nitrogens with zero attached hydrogens (tertiary/aromatic N) is 1. The van der Waals surface area contributed by atoms with Crippen LogP contribution in [0.3, 0.4) is 0 Å². The minimum atomic E-state index is -0.559. The predicted octanol–water partition coefficient (Wildman–Crippen LogP) is 4.66. The molecule has 2 amide bonds. The van der Waals surface area contributed by atoms with Crippen LogP contribution in [-0.4, -0.2) is 58.1 Å². The molecule has 1 unspecified atom stereocenters. The summed E-state index contributed by atoms with van der Waals surface area (Å²) in [4.78, 5) is 28.7. The smallest absolute Gasteiger partial charge is 0.243 e. The first-order valence-corrected chi connectivity index (χ1v) is 12.4. The molecule has 0 aromatic heterocycles. The molecule has 6 nitrogen and oxygen atoms in total. The molecule has 6 heteroatoms. The summed E-state index contributed by atoms with van der Waals surface area (Å²) >= 11 is 0. The quantitative estimate of drug-likeness (QED) is 0.477.